The zero-order chi connectivity index (χ0) is 18.6. The molecule has 0 aromatic heterocycles. The number of hydrogen-bond acceptors (Lipinski definition) is 2. The van der Waals surface area contributed by atoms with E-state index in [-0.39, 0.29) is 6.09 Å². The average molecular weight is 358 g/mol. The molecule has 2 aliphatic rings. The highest BCUT2D eigenvalue weighted by molar-refractivity contribution is 5.85. The minimum Gasteiger partial charge on any atom is -0.444 e. The van der Waals surface area contributed by atoms with Gasteiger partial charge in [-0.05, 0) is 81.5 Å². The molecular weight excluding hydrogens is 322 g/mol. The van der Waals surface area contributed by atoms with Crippen LogP contribution in [0.1, 0.15) is 108 Å². The lowest BCUT2D eigenvalue weighted by molar-refractivity contribution is 0.0636. The van der Waals surface area contributed by atoms with Crippen molar-refractivity contribution in [3.8, 4) is 0 Å². The van der Waals surface area contributed by atoms with Crippen molar-refractivity contribution in [1.82, 2.24) is 0 Å². The zero-order valence-electron chi connectivity index (χ0n) is 16.8. The van der Waals surface area contributed by atoms with Crippen molar-refractivity contribution in [1.29, 1.82) is 0 Å². The van der Waals surface area contributed by atoms with E-state index >= 15 is 0 Å². The second-order valence-corrected chi connectivity index (χ2v) is 9.19. The largest absolute Gasteiger partial charge is 0.444 e. The van der Waals surface area contributed by atoms with Crippen LogP contribution in [0.15, 0.2) is 18.2 Å². The maximum Gasteiger partial charge on any atom is 0.412 e. The summed E-state index contributed by atoms with van der Waals surface area (Å²) < 4.78 is 5.46. The molecule has 3 rings (SSSR count). The first-order valence-corrected chi connectivity index (χ1v) is 10.6. The summed E-state index contributed by atoms with van der Waals surface area (Å²) in [7, 11) is 0. The Kier molecular flexibility index (Phi) is 6.26. The van der Waals surface area contributed by atoms with Crippen LogP contribution in [0.2, 0.25) is 0 Å². The van der Waals surface area contributed by atoms with Crippen LogP contribution < -0.4 is 5.32 Å². The van der Waals surface area contributed by atoms with Crippen LogP contribution in [0.4, 0.5) is 10.5 Å². The second-order valence-electron chi connectivity index (χ2n) is 9.19. The van der Waals surface area contributed by atoms with Crippen LogP contribution >= 0.6 is 0 Å². The van der Waals surface area contributed by atoms with E-state index in [1.165, 1.54) is 75.3 Å². The van der Waals surface area contributed by atoms with Gasteiger partial charge in [0.2, 0.25) is 0 Å². The summed E-state index contributed by atoms with van der Waals surface area (Å²) in [5.74, 6) is 1.29. The molecule has 3 heteroatoms. The molecule has 144 valence electrons. The van der Waals surface area contributed by atoms with E-state index < -0.39 is 5.60 Å². The molecule has 2 aliphatic carbocycles. The predicted octanol–water partition coefficient (Wildman–Crippen LogP) is 7.13. The van der Waals surface area contributed by atoms with Crippen LogP contribution in [0.25, 0.3) is 0 Å². The Morgan fingerprint density at radius 2 is 1.31 bits per heavy atom. The van der Waals surface area contributed by atoms with Crippen molar-refractivity contribution < 1.29 is 9.53 Å². The fourth-order valence-corrected chi connectivity index (χ4v) is 4.51. The second kappa shape index (κ2) is 8.45. The third-order valence-corrected chi connectivity index (χ3v) is 5.78. The van der Waals surface area contributed by atoms with Crippen molar-refractivity contribution in [3.63, 3.8) is 0 Å². The molecule has 26 heavy (non-hydrogen) atoms. The molecule has 0 unspecified atom stereocenters. The molecule has 0 aliphatic heterocycles. The first-order chi connectivity index (χ1) is 12.4. The fraction of sp³-hybridized carbons (Fsp3) is 0.696. The van der Waals surface area contributed by atoms with Gasteiger partial charge in [0.15, 0.2) is 0 Å². The smallest absolute Gasteiger partial charge is 0.412 e. The molecule has 0 atom stereocenters. The van der Waals surface area contributed by atoms with E-state index in [1.54, 1.807) is 0 Å². The minimum absolute atomic E-state index is 0.354. The van der Waals surface area contributed by atoms with Gasteiger partial charge in [-0.2, -0.15) is 0 Å². The molecule has 0 bridgehead atoms. The Morgan fingerprint density at radius 3 is 1.73 bits per heavy atom. The van der Waals surface area contributed by atoms with Gasteiger partial charge in [0.25, 0.3) is 0 Å². The summed E-state index contributed by atoms with van der Waals surface area (Å²) in [6.07, 6.45) is 12.8. The lowest BCUT2D eigenvalue weighted by Crippen LogP contribution is -2.27. The Hall–Kier alpha value is -1.51. The van der Waals surface area contributed by atoms with Gasteiger partial charge in [0, 0.05) is 5.69 Å². The van der Waals surface area contributed by atoms with E-state index in [0.29, 0.717) is 11.8 Å². The molecule has 1 amide bonds. The number of carbonyl (C=O) groups is 1. The normalized spacial score (nSPS) is 20.0. The Bertz CT molecular complexity index is 569. The molecule has 3 nitrogen and oxygen atoms in total. The van der Waals surface area contributed by atoms with Gasteiger partial charge in [-0.3, -0.25) is 5.32 Å². The number of nitrogens with one attached hydrogen (secondary N) is 1. The number of rotatable bonds is 3. The Labute approximate surface area is 158 Å². The van der Waals surface area contributed by atoms with E-state index in [1.807, 2.05) is 20.8 Å². The highest BCUT2D eigenvalue weighted by Crippen LogP contribution is 2.39. The maximum absolute atomic E-state index is 12.3. The van der Waals surface area contributed by atoms with Gasteiger partial charge in [0.05, 0.1) is 0 Å². The molecule has 0 saturated heterocycles. The highest BCUT2D eigenvalue weighted by atomic mass is 16.6. The van der Waals surface area contributed by atoms with Crippen molar-refractivity contribution >= 4 is 11.8 Å². The molecular formula is C23H35NO2. The lowest BCUT2D eigenvalue weighted by Gasteiger charge is -2.27. The van der Waals surface area contributed by atoms with Gasteiger partial charge in [-0.1, -0.05) is 44.6 Å². The third-order valence-electron chi connectivity index (χ3n) is 5.78. The van der Waals surface area contributed by atoms with Gasteiger partial charge in [-0.25, -0.2) is 4.79 Å². The number of amides is 1. The molecule has 2 saturated carbocycles. The maximum atomic E-state index is 12.3. The molecule has 2 fully saturated rings. The number of hydrogen-bond donors (Lipinski definition) is 1. The summed E-state index contributed by atoms with van der Waals surface area (Å²) in [6.45, 7) is 5.70. The van der Waals surface area contributed by atoms with Gasteiger partial charge >= 0.3 is 6.09 Å². The molecule has 0 radical (unpaired) electrons. The minimum atomic E-state index is -0.475. The number of carbonyl (C=O) groups excluding carboxylic acids is 1. The van der Waals surface area contributed by atoms with Crippen molar-refractivity contribution in [2.45, 2.75) is 102 Å². The first kappa shape index (κ1) is 19.3. The summed E-state index contributed by atoms with van der Waals surface area (Å²) in [6, 6.07) is 6.81. The Morgan fingerprint density at radius 1 is 0.846 bits per heavy atom. The molecule has 1 aromatic rings. The Balaban J connectivity index is 1.82. The summed E-state index contributed by atoms with van der Waals surface area (Å²) in [5, 5.41) is 3.00. The third kappa shape index (κ3) is 5.49. The number of anilines is 1. The van der Waals surface area contributed by atoms with Crippen LogP contribution in [-0.4, -0.2) is 11.7 Å². The summed E-state index contributed by atoms with van der Waals surface area (Å²) in [4.78, 5) is 12.3. The van der Waals surface area contributed by atoms with E-state index in [4.69, 9.17) is 4.74 Å². The van der Waals surface area contributed by atoms with Gasteiger partial charge in [0.1, 0.15) is 5.60 Å². The standard InChI is InChI=1S/C23H35NO2/c1-23(2,3)26-22(25)24-21-15-19(17-10-6-4-7-11-17)14-20(16-21)18-12-8-5-9-13-18/h14-18H,4-13H2,1-3H3,(H,24,25). The van der Waals surface area contributed by atoms with Crippen molar-refractivity contribution in [3.05, 3.63) is 29.3 Å². The van der Waals surface area contributed by atoms with Crippen molar-refractivity contribution in [2.75, 3.05) is 5.32 Å². The quantitative estimate of drug-likeness (QED) is 0.625. The lowest BCUT2D eigenvalue weighted by atomic mass is 9.79. The van der Waals surface area contributed by atoms with Crippen LogP contribution in [0.5, 0.6) is 0 Å². The first-order valence-electron chi connectivity index (χ1n) is 10.6. The van der Waals surface area contributed by atoms with Gasteiger partial charge in [-0.15, -0.1) is 0 Å². The molecule has 1 N–H and O–H groups in total. The predicted molar refractivity (Wildman–Crippen MR) is 108 cm³/mol. The summed E-state index contributed by atoms with van der Waals surface area (Å²) in [5.41, 5.74) is 3.26. The van der Waals surface area contributed by atoms with Crippen LogP contribution in [-0.2, 0) is 4.74 Å². The highest BCUT2D eigenvalue weighted by Gasteiger charge is 2.22. The van der Waals surface area contributed by atoms with Crippen LogP contribution in [0.3, 0.4) is 0 Å². The number of ether oxygens (including phenoxy) is 1. The SMILES string of the molecule is CC(C)(C)OC(=O)Nc1cc(C2CCCCC2)cc(C2CCCCC2)c1. The molecule has 0 spiro atoms. The summed E-state index contributed by atoms with van der Waals surface area (Å²) >= 11 is 0. The zero-order valence-corrected chi connectivity index (χ0v) is 16.8. The van der Waals surface area contributed by atoms with Gasteiger partial charge < -0.3 is 4.74 Å². The van der Waals surface area contributed by atoms with Crippen LogP contribution in [0, 0.1) is 0 Å². The molecule has 1 aromatic carbocycles. The van der Waals surface area contributed by atoms with E-state index in [2.05, 4.69) is 23.5 Å². The van der Waals surface area contributed by atoms with Crippen molar-refractivity contribution in [2.24, 2.45) is 0 Å². The fourth-order valence-electron chi connectivity index (χ4n) is 4.51. The topological polar surface area (TPSA) is 38.3 Å². The molecule has 0 heterocycles. The number of benzene rings is 1. The monoisotopic (exact) mass is 357 g/mol. The van der Waals surface area contributed by atoms with E-state index in [0.717, 1.165) is 5.69 Å². The van der Waals surface area contributed by atoms with E-state index in [9.17, 15) is 4.79 Å². The average Bonchev–Trinajstić information content (AvgIpc) is 2.61.